The Hall–Kier alpha value is -1.39. The summed E-state index contributed by atoms with van der Waals surface area (Å²) >= 11 is 0. The Morgan fingerprint density at radius 3 is 2.18 bits per heavy atom. The Balaban J connectivity index is 1.66. The Bertz CT molecular complexity index is 687. The highest BCUT2D eigenvalue weighted by atomic mass is 32.2. The molecule has 2 aromatic rings. The molecule has 22 heavy (non-hydrogen) atoms. The van der Waals surface area contributed by atoms with Crippen molar-refractivity contribution in [1.29, 1.82) is 0 Å². The van der Waals surface area contributed by atoms with E-state index in [0.717, 1.165) is 38.5 Å². The zero-order valence-corrected chi connectivity index (χ0v) is 13.7. The van der Waals surface area contributed by atoms with Gasteiger partial charge in [0, 0.05) is 0 Å². The van der Waals surface area contributed by atoms with Crippen molar-refractivity contribution in [3.05, 3.63) is 48.0 Å². The lowest BCUT2D eigenvalue weighted by molar-refractivity contribution is 0.478. The summed E-state index contributed by atoms with van der Waals surface area (Å²) in [5.41, 5.74) is 1.41. The first-order valence-corrected chi connectivity index (χ1v) is 9.59. The van der Waals surface area contributed by atoms with Crippen LogP contribution in [0.5, 0.6) is 0 Å². The molecule has 4 heteroatoms. The van der Waals surface area contributed by atoms with E-state index in [0.29, 0.717) is 6.42 Å². The molecule has 0 aliphatic carbocycles. The Labute approximate surface area is 133 Å². The van der Waals surface area contributed by atoms with E-state index in [1.54, 1.807) is 0 Å². The largest absolute Gasteiger partial charge is 0.286 e. The van der Waals surface area contributed by atoms with E-state index >= 15 is 0 Å². The smallest absolute Gasteiger partial charge is 0.264 e. The number of unbranched alkanes of at least 4 members (excludes halogenated alkanes) is 5. The van der Waals surface area contributed by atoms with Gasteiger partial charge in [-0.1, -0.05) is 68.1 Å². The maximum absolute atomic E-state index is 10.6. The van der Waals surface area contributed by atoms with Crippen LogP contribution in [0, 0.1) is 0 Å². The summed E-state index contributed by atoms with van der Waals surface area (Å²) in [4.78, 5) is 0. The van der Waals surface area contributed by atoms with Crippen molar-refractivity contribution < 1.29 is 13.0 Å². The summed E-state index contributed by atoms with van der Waals surface area (Å²) in [5, 5.41) is 2.64. The van der Waals surface area contributed by atoms with Crippen LogP contribution in [-0.4, -0.2) is 18.7 Å². The molecule has 3 nitrogen and oxygen atoms in total. The Kier molecular flexibility index (Phi) is 6.40. The van der Waals surface area contributed by atoms with Crippen LogP contribution in [0.2, 0.25) is 0 Å². The van der Waals surface area contributed by atoms with Crippen LogP contribution in [0.3, 0.4) is 0 Å². The van der Waals surface area contributed by atoms with Gasteiger partial charge in [0.1, 0.15) is 0 Å². The highest BCUT2D eigenvalue weighted by molar-refractivity contribution is 7.85. The van der Waals surface area contributed by atoms with Gasteiger partial charge in [-0.15, -0.1) is 0 Å². The molecule has 120 valence electrons. The first-order valence-electron chi connectivity index (χ1n) is 7.98. The van der Waals surface area contributed by atoms with E-state index in [9.17, 15) is 8.42 Å². The lowest BCUT2D eigenvalue weighted by Gasteiger charge is -2.06. The second-order valence-corrected chi connectivity index (χ2v) is 7.37. The molecule has 0 spiro atoms. The third kappa shape index (κ3) is 5.78. The second-order valence-electron chi connectivity index (χ2n) is 5.80. The summed E-state index contributed by atoms with van der Waals surface area (Å²) in [5.74, 6) is -0.108. The normalized spacial score (nSPS) is 11.9. The van der Waals surface area contributed by atoms with E-state index in [2.05, 4.69) is 42.5 Å². The van der Waals surface area contributed by atoms with Gasteiger partial charge in [0.25, 0.3) is 10.1 Å². The summed E-state index contributed by atoms with van der Waals surface area (Å²) in [6, 6.07) is 14.9. The van der Waals surface area contributed by atoms with E-state index in [1.807, 2.05) is 0 Å². The molecular formula is C18H24O3S. The maximum Gasteiger partial charge on any atom is 0.264 e. The number of aryl methyl sites for hydroxylation is 1. The van der Waals surface area contributed by atoms with Crippen LogP contribution in [0.25, 0.3) is 10.8 Å². The van der Waals surface area contributed by atoms with Crippen molar-refractivity contribution in [3.63, 3.8) is 0 Å². The fraction of sp³-hybridized carbons (Fsp3) is 0.444. The van der Waals surface area contributed by atoms with Crippen molar-refractivity contribution in [2.45, 2.75) is 44.9 Å². The van der Waals surface area contributed by atoms with E-state index < -0.39 is 10.1 Å². The third-order valence-electron chi connectivity index (χ3n) is 3.98. The minimum atomic E-state index is -3.78. The molecule has 0 aliphatic rings. The van der Waals surface area contributed by atoms with Gasteiger partial charge in [-0.3, -0.25) is 4.55 Å². The molecule has 0 amide bonds. The predicted molar refractivity (Wildman–Crippen MR) is 91.8 cm³/mol. The van der Waals surface area contributed by atoms with Crippen molar-refractivity contribution in [2.24, 2.45) is 0 Å². The average Bonchev–Trinajstić information content (AvgIpc) is 2.49. The SMILES string of the molecule is O=S(=O)(O)CCCCCCCCc1cccc2ccccc12. The van der Waals surface area contributed by atoms with Gasteiger partial charge in [0.15, 0.2) is 0 Å². The molecule has 0 unspecified atom stereocenters. The molecule has 0 saturated carbocycles. The topological polar surface area (TPSA) is 54.4 Å². The molecule has 0 aromatic heterocycles. The average molecular weight is 320 g/mol. The standard InChI is InChI=1S/C18H24O3S/c19-22(20,21)15-8-4-2-1-3-5-10-16-12-9-13-17-11-6-7-14-18(16)17/h6-7,9,11-14H,1-5,8,10,15H2,(H,19,20,21). The summed E-state index contributed by atoms with van der Waals surface area (Å²) in [6.45, 7) is 0. The minimum absolute atomic E-state index is 0.108. The molecule has 0 radical (unpaired) electrons. The molecule has 0 atom stereocenters. The lowest BCUT2D eigenvalue weighted by Crippen LogP contribution is -2.03. The molecule has 2 rings (SSSR count). The highest BCUT2D eigenvalue weighted by Crippen LogP contribution is 2.20. The van der Waals surface area contributed by atoms with Crippen LogP contribution in [0.1, 0.15) is 44.1 Å². The summed E-state index contributed by atoms with van der Waals surface area (Å²) in [7, 11) is -3.78. The predicted octanol–water partition coefficient (Wildman–Crippen LogP) is 4.61. The van der Waals surface area contributed by atoms with Crippen LogP contribution >= 0.6 is 0 Å². The second kappa shape index (κ2) is 8.30. The first kappa shape index (κ1) is 17.0. The zero-order valence-electron chi connectivity index (χ0n) is 12.9. The number of benzene rings is 2. The fourth-order valence-electron chi connectivity index (χ4n) is 2.82. The van der Waals surface area contributed by atoms with Crippen LogP contribution in [0.15, 0.2) is 42.5 Å². The molecule has 0 fully saturated rings. The van der Waals surface area contributed by atoms with Gasteiger partial charge < -0.3 is 0 Å². The molecule has 0 aliphatic heterocycles. The lowest BCUT2D eigenvalue weighted by atomic mass is 9.99. The van der Waals surface area contributed by atoms with Crippen LogP contribution in [0.4, 0.5) is 0 Å². The van der Waals surface area contributed by atoms with Crippen molar-refractivity contribution in [2.75, 3.05) is 5.75 Å². The Morgan fingerprint density at radius 1 is 0.773 bits per heavy atom. The molecule has 0 heterocycles. The molecule has 0 bridgehead atoms. The van der Waals surface area contributed by atoms with Crippen molar-refractivity contribution >= 4 is 20.9 Å². The van der Waals surface area contributed by atoms with E-state index in [1.165, 1.54) is 16.3 Å². The zero-order chi connectivity index (χ0) is 15.8. The first-order chi connectivity index (χ1) is 10.6. The van der Waals surface area contributed by atoms with Crippen LogP contribution < -0.4 is 0 Å². The number of rotatable bonds is 9. The van der Waals surface area contributed by atoms with E-state index in [4.69, 9.17) is 4.55 Å². The number of hydrogen-bond acceptors (Lipinski definition) is 2. The van der Waals surface area contributed by atoms with Gasteiger partial charge >= 0.3 is 0 Å². The van der Waals surface area contributed by atoms with Gasteiger partial charge in [0.2, 0.25) is 0 Å². The van der Waals surface area contributed by atoms with Crippen molar-refractivity contribution in [1.82, 2.24) is 0 Å². The Morgan fingerprint density at radius 2 is 1.41 bits per heavy atom. The number of fused-ring (bicyclic) bond motifs is 1. The summed E-state index contributed by atoms with van der Waals surface area (Å²) in [6.07, 6.45) is 6.99. The molecular weight excluding hydrogens is 296 g/mol. The maximum atomic E-state index is 10.6. The molecule has 2 aromatic carbocycles. The monoisotopic (exact) mass is 320 g/mol. The number of hydrogen-bond donors (Lipinski definition) is 1. The third-order valence-corrected chi connectivity index (χ3v) is 4.78. The molecule has 1 N–H and O–H groups in total. The van der Waals surface area contributed by atoms with Gasteiger partial charge in [0.05, 0.1) is 5.75 Å². The van der Waals surface area contributed by atoms with Crippen LogP contribution in [-0.2, 0) is 16.5 Å². The van der Waals surface area contributed by atoms with Gasteiger partial charge in [-0.05, 0) is 35.6 Å². The highest BCUT2D eigenvalue weighted by Gasteiger charge is 2.03. The van der Waals surface area contributed by atoms with Gasteiger partial charge in [-0.2, -0.15) is 8.42 Å². The van der Waals surface area contributed by atoms with Gasteiger partial charge in [-0.25, -0.2) is 0 Å². The van der Waals surface area contributed by atoms with Crippen molar-refractivity contribution in [3.8, 4) is 0 Å². The summed E-state index contributed by atoms with van der Waals surface area (Å²) < 4.78 is 29.8. The molecule has 0 saturated heterocycles. The quantitative estimate of drug-likeness (QED) is 0.542. The minimum Gasteiger partial charge on any atom is -0.286 e. The fourth-order valence-corrected chi connectivity index (χ4v) is 3.39. The van der Waals surface area contributed by atoms with E-state index in [-0.39, 0.29) is 5.75 Å².